The minimum atomic E-state index is -2.87. The Labute approximate surface area is 95.4 Å². The highest BCUT2D eigenvalue weighted by molar-refractivity contribution is 7.69. The van der Waals surface area contributed by atoms with Gasteiger partial charge in [0.2, 0.25) is 0 Å². The van der Waals surface area contributed by atoms with Gasteiger partial charge in [0.15, 0.2) is 0 Å². The van der Waals surface area contributed by atoms with Gasteiger partial charge in [-0.1, -0.05) is 29.3 Å². The fourth-order valence-corrected chi connectivity index (χ4v) is 4.09. The van der Waals surface area contributed by atoms with Crippen molar-refractivity contribution in [3.63, 3.8) is 0 Å². The zero-order valence-corrected chi connectivity index (χ0v) is 10.4. The molecule has 0 aromatic heterocycles. The molecule has 0 N–H and O–H groups in total. The van der Waals surface area contributed by atoms with E-state index < -0.39 is 6.00 Å². The molecular weight excluding hydrogens is 277 g/mol. The summed E-state index contributed by atoms with van der Waals surface area (Å²) in [7, 11) is 0. The summed E-state index contributed by atoms with van der Waals surface area (Å²) < 4.78 is 0. The molecule has 0 aliphatic heterocycles. The van der Waals surface area contributed by atoms with Crippen LogP contribution in [0.5, 0.6) is 0 Å². The molecule has 0 aliphatic carbocycles. The lowest BCUT2D eigenvalue weighted by Crippen LogP contribution is -2.30. The largest absolute Gasteiger partial charge is 0.374 e. The van der Waals surface area contributed by atoms with Crippen molar-refractivity contribution >= 4 is 67.6 Å². The van der Waals surface area contributed by atoms with Gasteiger partial charge in [0.25, 0.3) is 0 Å². The molecule has 0 heterocycles. The normalized spacial score (nSPS) is 11.8. The quantitative estimate of drug-likeness (QED) is 0.541. The average Bonchev–Trinajstić information content (AvgIpc) is 1.83. The van der Waals surface area contributed by atoms with Crippen LogP contribution in [-0.4, -0.2) is 6.00 Å². The lowest BCUT2D eigenvalue weighted by atomic mass is 10.4. The summed E-state index contributed by atoms with van der Waals surface area (Å²) in [6.45, 7) is 0. The third kappa shape index (κ3) is 2.69. The van der Waals surface area contributed by atoms with Crippen LogP contribution in [0.2, 0.25) is 10.0 Å². The molecular formula is C6H3Cl5Si. The number of hydrogen-bond donors (Lipinski definition) is 0. The Hall–Kier alpha value is 0.887. The van der Waals surface area contributed by atoms with E-state index in [9.17, 15) is 0 Å². The second kappa shape index (κ2) is 3.95. The summed E-state index contributed by atoms with van der Waals surface area (Å²) in [6.07, 6.45) is 0. The van der Waals surface area contributed by atoms with Crippen LogP contribution in [0.15, 0.2) is 18.2 Å². The monoisotopic (exact) mass is 278 g/mol. The number of rotatable bonds is 1. The topological polar surface area (TPSA) is 0 Å². The summed E-state index contributed by atoms with van der Waals surface area (Å²) in [5, 5.41) is 1.51. The Bertz CT molecular complexity index is 292. The second-order valence-electron chi connectivity index (χ2n) is 2.12. The van der Waals surface area contributed by atoms with E-state index in [0.717, 1.165) is 0 Å². The predicted molar refractivity (Wildman–Crippen MR) is 59.4 cm³/mol. The van der Waals surface area contributed by atoms with Crippen LogP contribution in [-0.2, 0) is 0 Å². The highest BCUT2D eigenvalue weighted by Gasteiger charge is 2.30. The molecule has 6 heteroatoms. The molecule has 0 atom stereocenters. The Morgan fingerprint density at radius 3 is 2.00 bits per heavy atom. The van der Waals surface area contributed by atoms with Crippen LogP contribution < -0.4 is 5.19 Å². The molecule has 0 amide bonds. The van der Waals surface area contributed by atoms with Crippen molar-refractivity contribution < 1.29 is 0 Å². The summed E-state index contributed by atoms with van der Waals surface area (Å²) in [5.74, 6) is 0. The fourth-order valence-electron chi connectivity index (χ4n) is 0.719. The van der Waals surface area contributed by atoms with Crippen LogP contribution in [0.1, 0.15) is 0 Å². The second-order valence-corrected chi connectivity index (χ2v) is 11.3. The van der Waals surface area contributed by atoms with Crippen LogP contribution in [0, 0.1) is 0 Å². The Morgan fingerprint density at radius 1 is 1.00 bits per heavy atom. The standard InChI is InChI=1S/C6H3Cl5Si/c7-4-1-2-6(5(8)3-4)12(9,10)11/h1-3H. The first-order valence-corrected chi connectivity index (χ1v) is 8.72. The van der Waals surface area contributed by atoms with Gasteiger partial charge >= 0.3 is 6.00 Å². The van der Waals surface area contributed by atoms with Gasteiger partial charge < -0.3 is 0 Å². The van der Waals surface area contributed by atoms with E-state index in [2.05, 4.69) is 0 Å². The predicted octanol–water partition coefficient (Wildman–Crippen LogP) is 3.86. The van der Waals surface area contributed by atoms with E-state index in [1.165, 1.54) is 0 Å². The molecule has 0 spiro atoms. The number of halogens is 5. The molecule has 1 aromatic rings. The lowest BCUT2D eigenvalue weighted by Gasteiger charge is -2.09. The molecule has 1 aromatic carbocycles. The molecule has 0 saturated heterocycles. The minimum absolute atomic E-state index is 0.411. The van der Waals surface area contributed by atoms with E-state index in [1.807, 2.05) is 0 Å². The van der Waals surface area contributed by atoms with Crippen molar-refractivity contribution in [3.8, 4) is 0 Å². The Morgan fingerprint density at radius 2 is 1.58 bits per heavy atom. The van der Waals surface area contributed by atoms with Crippen molar-refractivity contribution in [2.24, 2.45) is 0 Å². The zero-order chi connectivity index (χ0) is 9.35. The maximum absolute atomic E-state index is 5.81. The van der Waals surface area contributed by atoms with Crippen molar-refractivity contribution in [2.75, 3.05) is 0 Å². The first-order chi connectivity index (χ1) is 5.41. The third-order valence-corrected chi connectivity index (χ3v) is 4.82. The van der Waals surface area contributed by atoms with Crippen LogP contribution in [0.25, 0.3) is 0 Å². The third-order valence-electron chi connectivity index (χ3n) is 1.24. The summed E-state index contributed by atoms with van der Waals surface area (Å²) in [5.41, 5.74) is 0. The molecule has 0 bridgehead atoms. The van der Waals surface area contributed by atoms with Crippen LogP contribution in [0.3, 0.4) is 0 Å². The highest BCUT2D eigenvalue weighted by Crippen LogP contribution is 2.25. The van der Waals surface area contributed by atoms with Gasteiger partial charge in [0.05, 0.1) is 0 Å². The fraction of sp³-hybridized carbons (Fsp3) is 0. The number of hydrogen-bond acceptors (Lipinski definition) is 0. The smallest absolute Gasteiger partial charge is 0.121 e. The van der Waals surface area contributed by atoms with Crippen LogP contribution >= 0.6 is 56.4 Å². The summed E-state index contributed by atoms with van der Waals surface area (Å²) in [4.78, 5) is 0. The van der Waals surface area contributed by atoms with Gasteiger partial charge in [0.1, 0.15) is 0 Å². The number of benzene rings is 1. The minimum Gasteiger partial charge on any atom is -0.121 e. The van der Waals surface area contributed by atoms with E-state index in [1.54, 1.807) is 18.2 Å². The van der Waals surface area contributed by atoms with E-state index >= 15 is 0 Å². The highest BCUT2D eigenvalue weighted by atomic mass is 35.8. The molecule has 12 heavy (non-hydrogen) atoms. The molecule has 0 unspecified atom stereocenters. The first kappa shape index (κ1) is 11.0. The van der Waals surface area contributed by atoms with E-state index in [-0.39, 0.29) is 0 Å². The van der Waals surface area contributed by atoms with Crippen molar-refractivity contribution in [2.45, 2.75) is 0 Å². The van der Waals surface area contributed by atoms with E-state index in [0.29, 0.717) is 15.2 Å². The maximum Gasteiger partial charge on any atom is 0.374 e. The molecule has 1 rings (SSSR count). The zero-order valence-electron chi connectivity index (χ0n) is 5.62. The van der Waals surface area contributed by atoms with Gasteiger partial charge in [0, 0.05) is 15.2 Å². The summed E-state index contributed by atoms with van der Waals surface area (Å²) in [6, 6.07) is 1.98. The average molecular weight is 280 g/mol. The molecule has 0 radical (unpaired) electrons. The SMILES string of the molecule is Clc1ccc([Si](Cl)(Cl)Cl)c(Cl)c1. The van der Waals surface area contributed by atoms with Gasteiger partial charge in [-0.3, -0.25) is 0 Å². The first-order valence-electron chi connectivity index (χ1n) is 2.93. The van der Waals surface area contributed by atoms with Crippen molar-refractivity contribution in [3.05, 3.63) is 28.2 Å². The lowest BCUT2D eigenvalue weighted by molar-refractivity contribution is 1.76. The van der Waals surface area contributed by atoms with Gasteiger partial charge in [-0.05, 0) is 12.1 Å². The maximum atomic E-state index is 5.81. The van der Waals surface area contributed by atoms with Crippen molar-refractivity contribution in [1.29, 1.82) is 0 Å². The molecule has 0 saturated carbocycles. The van der Waals surface area contributed by atoms with Gasteiger partial charge in [-0.25, -0.2) is 0 Å². The molecule has 0 aliphatic rings. The van der Waals surface area contributed by atoms with Gasteiger partial charge in [-0.15, -0.1) is 33.2 Å². The Kier molecular flexibility index (Phi) is 3.61. The molecule has 66 valence electrons. The van der Waals surface area contributed by atoms with Crippen LogP contribution in [0.4, 0.5) is 0 Å². The van der Waals surface area contributed by atoms with Crippen molar-refractivity contribution in [1.82, 2.24) is 0 Å². The molecule has 0 nitrogen and oxygen atoms in total. The van der Waals surface area contributed by atoms with Gasteiger partial charge in [-0.2, -0.15) is 0 Å². The van der Waals surface area contributed by atoms with E-state index in [4.69, 9.17) is 56.4 Å². The molecule has 0 fully saturated rings. The summed E-state index contributed by atoms with van der Waals surface area (Å²) >= 11 is 28.8. The Balaban J connectivity index is 3.19.